The van der Waals surface area contributed by atoms with Crippen LogP contribution in [0.3, 0.4) is 0 Å². The van der Waals surface area contributed by atoms with Crippen molar-refractivity contribution in [1.29, 1.82) is 0 Å². The summed E-state index contributed by atoms with van der Waals surface area (Å²) in [5.74, 6) is 0.924. The highest BCUT2D eigenvalue weighted by Crippen LogP contribution is 2.13. The minimum Gasteiger partial charge on any atom is -0.355 e. The van der Waals surface area contributed by atoms with E-state index in [0.717, 1.165) is 18.9 Å². The summed E-state index contributed by atoms with van der Waals surface area (Å²) >= 11 is 0. The van der Waals surface area contributed by atoms with Gasteiger partial charge in [-0.15, -0.1) is 0 Å². The zero-order valence-corrected chi connectivity index (χ0v) is 17.2. The Morgan fingerprint density at radius 3 is 2.38 bits per heavy atom. The van der Waals surface area contributed by atoms with Crippen LogP contribution in [0.5, 0.6) is 0 Å². The molecule has 0 amide bonds. The van der Waals surface area contributed by atoms with Crippen molar-refractivity contribution in [3.8, 4) is 0 Å². The van der Waals surface area contributed by atoms with E-state index in [0.29, 0.717) is 18.1 Å². The second kappa shape index (κ2) is 10.5. The molecule has 1 saturated heterocycles. The lowest BCUT2D eigenvalue weighted by Crippen LogP contribution is -2.52. The molecule has 5 heteroatoms. The lowest BCUT2D eigenvalue weighted by atomic mass is 10.0. The molecule has 1 heterocycles. The maximum Gasteiger partial charge on any atom is 0.191 e. The second-order valence-corrected chi connectivity index (χ2v) is 7.81. The number of nitrogens with zero attached hydrogens (tertiary/aromatic N) is 3. The van der Waals surface area contributed by atoms with Crippen molar-refractivity contribution in [1.82, 2.24) is 20.4 Å². The number of piperidine rings is 1. The molecule has 0 bridgehead atoms. The third-order valence-corrected chi connectivity index (χ3v) is 5.37. The van der Waals surface area contributed by atoms with Crippen LogP contribution >= 0.6 is 0 Å². The highest BCUT2D eigenvalue weighted by atomic mass is 15.2. The van der Waals surface area contributed by atoms with E-state index in [9.17, 15) is 0 Å². The van der Waals surface area contributed by atoms with Crippen molar-refractivity contribution in [2.24, 2.45) is 4.99 Å². The van der Waals surface area contributed by atoms with Crippen LogP contribution in [-0.2, 0) is 6.42 Å². The zero-order valence-electron chi connectivity index (χ0n) is 17.2. The predicted octanol–water partition coefficient (Wildman–Crippen LogP) is 2.20. The average molecular weight is 360 g/mol. The number of aliphatic imine (C=N–C) groups is 1. The zero-order chi connectivity index (χ0) is 18.9. The molecule has 2 rings (SSSR count). The summed E-state index contributed by atoms with van der Waals surface area (Å²) in [6.07, 6.45) is 3.39. The summed E-state index contributed by atoms with van der Waals surface area (Å²) in [6.45, 7) is 7.78. The SMILES string of the molecule is CN=C(NCC(Cc1ccccc1)N(C)C)NC1CCN(C(C)C)CC1. The lowest BCUT2D eigenvalue weighted by molar-refractivity contribution is 0.167. The van der Waals surface area contributed by atoms with Gasteiger partial charge in [-0.1, -0.05) is 30.3 Å². The fraction of sp³-hybridized carbons (Fsp3) is 0.667. The summed E-state index contributed by atoms with van der Waals surface area (Å²) < 4.78 is 0. The average Bonchev–Trinajstić information content (AvgIpc) is 2.64. The van der Waals surface area contributed by atoms with E-state index in [1.165, 1.54) is 31.5 Å². The Morgan fingerprint density at radius 1 is 1.19 bits per heavy atom. The van der Waals surface area contributed by atoms with E-state index in [4.69, 9.17) is 0 Å². The van der Waals surface area contributed by atoms with Gasteiger partial charge in [0.05, 0.1) is 0 Å². The van der Waals surface area contributed by atoms with Gasteiger partial charge >= 0.3 is 0 Å². The van der Waals surface area contributed by atoms with Crippen LogP contribution in [0.15, 0.2) is 35.3 Å². The van der Waals surface area contributed by atoms with Gasteiger partial charge in [0.25, 0.3) is 0 Å². The van der Waals surface area contributed by atoms with Gasteiger partial charge < -0.3 is 20.4 Å². The summed E-state index contributed by atoms with van der Waals surface area (Å²) in [7, 11) is 6.15. The minimum absolute atomic E-state index is 0.429. The van der Waals surface area contributed by atoms with Gasteiger partial charge in [0.2, 0.25) is 0 Å². The van der Waals surface area contributed by atoms with Crippen LogP contribution in [0.25, 0.3) is 0 Å². The van der Waals surface area contributed by atoms with Crippen molar-refractivity contribution in [3.63, 3.8) is 0 Å². The number of hydrogen-bond acceptors (Lipinski definition) is 3. The number of likely N-dealkylation sites (N-methyl/N-ethyl adjacent to an activating group) is 1. The maximum absolute atomic E-state index is 4.44. The topological polar surface area (TPSA) is 42.9 Å². The van der Waals surface area contributed by atoms with Gasteiger partial charge in [0.15, 0.2) is 5.96 Å². The van der Waals surface area contributed by atoms with Crippen LogP contribution in [0.1, 0.15) is 32.3 Å². The Hall–Kier alpha value is -1.59. The molecule has 2 N–H and O–H groups in total. The normalized spacial score (nSPS) is 18.3. The smallest absolute Gasteiger partial charge is 0.191 e. The summed E-state index contributed by atoms with van der Waals surface area (Å²) in [6, 6.07) is 12.3. The minimum atomic E-state index is 0.429. The quantitative estimate of drug-likeness (QED) is 0.579. The van der Waals surface area contributed by atoms with Crippen LogP contribution in [0, 0.1) is 0 Å². The molecule has 5 nitrogen and oxygen atoms in total. The fourth-order valence-electron chi connectivity index (χ4n) is 3.49. The first kappa shape index (κ1) is 20.7. The molecule has 0 aromatic heterocycles. The fourth-order valence-corrected chi connectivity index (χ4v) is 3.49. The number of likely N-dealkylation sites (tertiary alicyclic amines) is 1. The molecule has 1 atom stereocenters. The van der Waals surface area contributed by atoms with Gasteiger partial charge in [-0.05, 0) is 52.8 Å². The number of hydrogen-bond donors (Lipinski definition) is 2. The monoisotopic (exact) mass is 359 g/mol. The number of nitrogens with one attached hydrogen (secondary N) is 2. The first-order valence-corrected chi connectivity index (χ1v) is 9.91. The van der Waals surface area contributed by atoms with Gasteiger partial charge in [0, 0.05) is 44.8 Å². The van der Waals surface area contributed by atoms with Crippen molar-refractivity contribution in [3.05, 3.63) is 35.9 Å². The Kier molecular flexibility index (Phi) is 8.39. The van der Waals surface area contributed by atoms with Gasteiger partial charge in [0.1, 0.15) is 0 Å². The molecule has 1 unspecified atom stereocenters. The molecule has 26 heavy (non-hydrogen) atoms. The Balaban J connectivity index is 1.81. The molecule has 146 valence electrons. The van der Waals surface area contributed by atoms with Crippen molar-refractivity contribution >= 4 is 5.96 Å². The van der Waals surface area contributed by atoms with Crippen molar-refractivity contribution < 1.29 is 0 Å². The molecular formula is C21H37N5. The third-order valence-electron chi connectivity index (χ3n) is 5.37. The molecule has 1 fully saturated rings. The standard InChI is InChI=1S/C21H37N5/c1-17(2)26-13-11-19(12-14-26)24-21(22-3)23-16-20(25(4)5)15-18-9-7-6-8-10-18/h6-10,17,19-20H,11-16H2,1-5H3,(H2,22,23,24). The maximum atomic E-state index is 4.44. The second-order valence-electron chi connectivity index (χ2n) is 7.81. The summed E-state index contributed by atoms with van der Waals surface area (Å²) in [4.78, 5) is 9.27. The van der Waals surface area contributed by atoms with E-state index in [1.54, 1.807) is 0 Å². The predicted molar refractivity (Wildman–Crippen MR) is 112 cm³/mol. The highest BCUT2D eigenvalue weighted by molar-refractivity contribution is 5.80. The van der Waals surface area contributed by atoms with Gasteiger partial charge in [-0.25, -0.2) is 0 Å². The van der Waals surface area contributed by atoms with Gasteiger partial charge in [-0.2, -0.15) is 0 Å². The number of rotatable bonds is 7. The number of guanidine groups is 1. The van der Waals surface area contributed by atoms with E-state index in [2.05, 4.69) is 83.7 Å². The largest absolute Gasteiger partial charge is 0.355 e. The molecule has 0 radical (unpaired) electrons. The molecular weight excluding hydrogens is 322 g/mol. The molecule has 0 spiro atoms. The molecule has 1 aliphatic heterocycles. The van der Waals surface area contributed by atoms with Crippen LogP contribution in [-0.4, -0.2) is 74.7 Å². The molecule has 1 aliphatic rings. The van der Waals surface area contributed by atoms with Crippen LogP contribution in [0.2, 0.25) is 0 Å². The molecule has 0 aliphatic carbocycles. The number of benzene rings is 1. The lowest BCUT2D eigenvalue weighted by Gasteiger charge is -2.35. The Labute approximate surface area is 159 Å². The van der Waals surface area contributed by atoms with Gasteiger partial charge in [-0.3, -0.25) is 4.99 Å². The Morgan fingerprint density at radius 2 is 1.85 bits per heavy atom. The molecule has 1 aromatic carbocycles. The van der Waals surface area contributed by atoms with E-state index in [-0.39, 0.29) is 0 Å². The first-order chi connectivity index (χ1) is 12.5. The third kappa shape index (κ3) is 6.61. The van der Waals surface area contributed by atoms with E-state index < -0.39 is 0 Å². The van der Waals surface area contributed by atoms with E-state index in [1.807, 2.05) is 7.05 Å². The van der Waals surface area contributed by atoms with Crippen LogP contribution in [0.4, 0.5) is 0 Å². The van der Waals surface area contributed by atoms with E-state index >= 15 is 0 Å². The Bertz CT molecular complexity index is 533. The summed E-state index contributed by atoms with van der Waals surface area (Å²) in [5, 5.41) is 7.15. The summed E-state index contributed by atoms with van der Waals surface area (Å²) in [5.41, 5.74) is 1.37. The highest BCUT2D eigenvalue weighted by Gasteiger charge is 2.21. The first-order valence-electron chi connectivity index (χ1n) is 9.91. The molecule has 1 aromatic rings. The van der Waals surface area contributed by atoms with Crippen LogP contribution < -0.4 is 10.6 Å². The van der Waals surface area contributed by atoms with Crippen molar-refractivity contribution in [2.45, 2.75) is 51.2 Å². The molecule has 0 saturated carbocycles. The van der Waals surface area contributed by atoms with Crippen molar-refractivity contribution in [2.75, 3.05) is 40.8 Å².